The van der Waals surface area contributed by atoms with Gasteiger partial charge in [-0.2, -0.15) is 0 Å². The van der Waals surface area contributed by atoms with Gasteiger partial charge in [-0.25, -0.2) is 4.39 Å². The molecule has 3 rings (SSSR count). The summed E-state index contributed by atoms with van der Waals surface area (Å²) in [6.07, 6.45) is 1.74. The number of hydrogen-bond acceptors (Lipinski definition) is 3. The lowest BCUT2D eigenvalue weighted by Crippen LogP contribution is -1.98. The Labute approximate surface area is 115 Å². The van der Waals surface area contributed by atoms with Gasteiger partial charge in [-0.05, 0) is 35.9 Å². The molecule has 0 amide bonds. The molecule has 2 N–H and O–H groups in total. The molecule has 100 valence electrons. The van der Waals surface area contributed by atoms with Gasteiger partial charge in [0, 0.05) is 17.6 Å². The molecule has 3 nitrogen and oxygen atoms in total. The standard InChI is InChI=1S/C16H13FN2O/c17-14-8-11(3-6-15(14)18)10-20-13-5-4-12-2-1-7-19-16(12)9-13/h1-9H,10,18H2. The third kappa shape index (κ3) is 2.54. The second-order valence-electron chi connectivity index (χ2n) is 4.50. The SMILES string of the molecule is Nc1ccc(COc2ccc3cccnc3c2)cc1F. The van der Waals surface area contributed by atoms with Crippen LogP contribution in [-0.4, -0.2) is 4.98 Å². The molecule has 0 atom stereocenters. The van der Waals surface area contributed by atoms with Crippen LogP contribution in [0.5, 0.6) is 5.75 Å². The molecular weight excluding hydrogens is 255 g/mol. The van der Waals surface area contributed by atoms with Crippen LogP contribution in [0.4, 0.5) is 10.1 Å². The number of benzene rings is 2. The number of rotatable bonds is 3. The summed E-state index contributed by atoms with van der Waals surface area (Å²) in [5.74, 6) is 0.278. The highest BCUT2D eigenvalue weighted by Crippen LogP contribution is 2.20. The molecule has 4 heteroatoms. The number of hydrogen-bond donors (Lipinski definition) is 1. The summed E-state index contributed by atoms with van der Waals surface area (Å²) in [4.78, 5) is 4.27. The first-order chi connectivity index (χ1) is 9.72. The Hall–Kier alpha value is -2.62. The third-order valence-corrected chi connectivity index (χ3v) is 3.05. The van der Waals surface area contributed by atoms with Crippen LogP contribution < -0.4 is 10.5 Å². The maximum absolute atomic E-state index is 13.3. The topological polar surface area (TPSA) is 48.1 Å². The van der Waals surface area contributed by atoms with Gasteiger partial charge >= 0.3 is 0 Å². The molecule has 1 aromatic heterocycles. The largest absolute Gasteiger partial charge is 0.489 e. The van der Waals surface area contributed by atoms with Gasteiger partial charge in [0.25, 0.3) is 0 Å². The molecule has 0 spiro atoms. The lowest BCUT2D eigenvalue weighted by atomic mass is 10.2. The van der Waals surface area contributed by atoms with E-state index in [4.69, 9.17) is 10.5 Å². The van der Waals surface area contributed by atoms with Crippen molar-refractivity contribution in [3.05, 3.63) is 66.1 Å². The quantitative estimate of drug-likeness (QED) is 0.739. The Bertz CT molecular complexity index is 758. The average Bonchev–Trinajstić information content (AvgIpc) is 2.48. The zero-order chi connectivity index (χ0) is 13.9. The number of fused-ring (bicyclic) bond motifs is 1. The minimum Gasteiger partial charge on any atom is -0.489 e. The van der Waals surface area contributed by atoms with Crippen LogP contribution in [0.1, 0.15) is 5.56 Å². The monoisotopic (exact) mass is 268 g/mol. The molecule has 0 radical (unpaired) electrons. The molecular formula is C16H13FN2O. The highest BCUT2D eigenvalue weighted by Gasteiger charge is 2.02. The fourth-order valence-corrected chi connectivity index (χ4v) is 1.96. The van der Waals surface area contributed by atoms with Gasteiger partial charge < -0.3 is 10.5 Å². The summed E-state index contributed by atoms with van der Waals surface area (Å²) in [5.41, 5.74) is 7.18. The van der Waals surface area contributed by atoms with Crippen molar-refractivity contribution in [3.63, 3.8) is 0 Å². The molecule has 1 heterocycles. The van der Waals surface area contributed by atoms with Gasteiger partial charge in [0.05, 0.1) is 11.2 Å². The van der Waals surface area contributed by atoms with Crippen LogP contribution in [0.3, 0.4) is 0 Å². The molecule has 0 aliphatic heterocycles. The van der Waals surface area contributed by atoms with E-state index < -0.39 is 5.82 Å². The third-order valence-electron chi connectivity index (χ3n) is 3.05. The van der Waals surface area contributed by atoms with E-state index in [1.54, 1.807) is 12.3 Å². The van der Waals surface area contributed by atoms with Crippen molar-refractivity contribution >= 4 is 16.6 Å². The number of nitrogens with zero attached hydrogens (tertiary/aromatic N) is 1. The van der Waals surface area contributed by atoms with Crippen molar-refractivity contribution in [2.75, 3.05) is 5.73 Å². The molecule has 0 aliphatic carbocycles. The van der Waals surface area contributed by atoms with Crippen molar-refractivity contribution in [2.45, 2.75) is 6.61 Å². The van der Waals surface area contributed by atoms with Crippen LogP contribution in [-0.2, 0) is 6.61 Å². The normalized spacial score (nSPS) is 10.7. The second kappa shape index (κ2) is 5.17. The van der Waals surface area contributed by atoms with Crippen molar-refractivity contribution in [1.82, 2.24) is 4.98 Å². The van der Waals surface area contributed by atoms with Crippen molar-refractivity contribution < 1.29 is 9.13 Å². The number of nitrogen functional groups attached to an aromatic ring is 1. The summed E-state index contributed by atoms with van der Waals surface area (Å²) in [6, 6.07) is 14.2. The fraction of sp³-hybridized carbons (Fsp3) is 0.0625. The first kappa shape index (κ1) is 12.4. The lowest BCUT2D eigenvalue weighted by Gasteiger charge is -2.08. The molecule has 0 unspecified atom stereocenters. The van der Waals surface area contributed by atoms with Gasteiger partial charge in [0.1, 0.15) is 18.2 Å². The number of halogens is 1. The minimum atomic E-state index is -0.425. The summed E-state index contributed by atoms with van der Waals surface area (Å²) < 4.78 is 19.0. The summed E-state index contributed by atoms with van der Waals surface area (Å²) >= 11 is 0. The van der Waals surface area contributed by atoms with Crippen molar-refractivity contribution in [2.24, 2.45) is 0 Å². The van der Waals surface area contributed by atoms with Crippen LogP contribution in [0, 0.1) is 5.82 Å². The maximum atomic E-state index is 13.3. The number of nitrogens with two attached hydrogens (primary N) is 1. The van der Waals surface area contributed by atoms with E-state index in [2.05, 4.69) is 4.98 Å². The van der Waals surface area contributed by atoms with E-state index in [0.29, 0.717) is 5.75 Å². The van der Waals surface area contributed by atoms with E-state index in [0.717, 1.165) is 16.5 Å². The van der Waals surface area contributed by atoms with Gasteiger partial charge in [-0.15, -0.1) is 0 Å². The first-order valence-corrected chi connectivity index (χ1v) is 6.24. The summed E-state index contributed by atoms with van der Waals surface area (Å²) in [7, 11) is 0. The molecule has 0 saturated carbocycles. The van der Waals surface area contributed by atoms with Crippen LogP contribution in [0.25, 0.3) is 10.9 Å². The molecule has 0 fully saturated rings. The van der Waals surface area contributed by atoms with E-state index >= 15 is 0 Å². The number of pyridine rings is 1. The Kier molecular flexibility index (Phi) is 3.21. The van der Waals surface area contributed by atoms with E-state index in [9.17, 15) is 4.39 Å². The van der Waals surface area contributed by atoms with Crippen LogP contribution in [0.2, 0.25) is 0 Å². The summed E-state index contributed by atoms with van der Waals surface area (Å²) in [5, 5.41) is 1.05. The van der Waals surface area contributed by atoms with Crippen LogP contribution in [0.15, 0.2) is 54.7 Å². The molecule has 0 aliphatic rings. The molecule has 0 saturated heterocycles. The predicted molar refractivity (Wildman–Crippen MR) is 76.9 cm³/mol. The lowest BCUT2D eigenvalue weighted by molar-refractivity contribution is 0.306. The van der Waals surface area contributed by atoms with E-state index in [1.165, 1.54) is 12.1 Å². The van der Waals surface area contributed by atoms with Crippen molar-refractivity contribution in [1.29, 1.82) is 0 Å². The van der Waals surface area contributed by atoms with Gasteiger partial charge in [-0.3, -0.25) is 4.98 Å². The van der Waals surface area contributed by atoms with Crippen LogP contribution >= 0.6 is 0 Å². The second-order valence-corrected chi connectivity index (χ2v) is 4.50. The molecule has 0 bridgehead atoms. The zero-order valence-corrected chi connectivity index (χ0v) is 10.7. The zero-order valence-electron chi connectivity index (χ0n) is 10.7. The maximum Gasteiger partial charge on any atom is 0.146 e. The predicted octanol–water partition coefficient (Wildman–Crippen LogP) is 3.54. The Balaban J connectivity index is 1.77. The molecule has 2 aromatic carbocycles. The Morgan fingerprint density at radius 3 is 2.85 bits per heavy atom. The average molecular weight is 268 g/mol. The molecule has 20 heavy (non-hydrogen) atoms. The fourth-order valence-electron chi connectivity index (χ4n) is 1.96. The number of aromatic nitrogens is 1. The highest BCUT2D eigenvalue weighted by atomic mass is 19.1. The van der Waals surface area contributed by atoms with Gasteiger partial charge in [0.2, 0.25) is 0 Å². The number of anilines is 1. The minimum absolute atomic E-state index is 0.142. The van der Waals surface area contributed by atoms with Gasteiger partial charge in [-0.1, -0.05) is 12.1 Å². The Morgan fingerprint density at radius 1 is 1.10 bits per heavy atom. The molecule has 3 aromatic rings. The van der Waals surface area contributed by atoms with E-state index in [1.807, 2.05) is 30.3 Å². The van der Waals surface area contributed by atoms with E-state index in [-0.39, 0.29) is 12.3 Å². The number of ether oxygens (including phenoxy) is 1. The summed E-state index contributed by atoms with van der Waals surface area (Å²) in [6.45, 7) is 0.287. The first-order valence-electron chi connectivity index (χ1n) is 6.24. The van der Waals surface area contributed by atoms with Gasteiger partial charge in [0.15, 0.2) is 0 Å². The Morgan fingerprint density at radius 2 is 2.00 bits per heavy atom. The smallest absolute Gasteiger partial charge is 0.146 e. The van der Waals surface area contributed by atoms with Crippen molar-refractivity contribution in [3.8, 4) is 5.75 Å². The highest BCUT2D eigenvalue weighted by molar-refractivity contribution is 5.79.